The molecule has 2 aromatic rings. The summed E-state index contributed by atoms with van der Waals surface area (Å²) in [6, 6.07) is 11.5. The lowest BCUT2D eigenvalue weighted by atomic mass is 10.0. The number of halogens is 1. The Morgan fingerprint density at radius 3 is 2.47 bits per heavy atom. The number of benzene rings is 2. The average molecular weight is 460 g/mol. The van der Waals surface area contributed by atoms with Crippen molar-refractivity contribution >= 4 is 21.8 Å². The van der Waals surface area contributed by atoms with Gasteiger partial charge in [-0.1, -0.05) is 36.4 Å². The van der Waals surface area contributed by atoms with Gasteiger partial charge in [-0.2, -0.15) is 0 Å². The first-order valence-corrected chi connectivity index (χ1v) is 11.8. The molecule has 32 heavy (non-hydrogen) atoms. The Kier molecular flexibility index (Phi) is 7.76. The smallest absolute Gasteiger partial charge is 0.251 e. The van der Waals surface area contributed by atoms with Crippen LogP contribution in [0.3, 0.4) is 0 Å². The van der Waals surface area contributed by atoms with Crippen molar-refractivity contribution in [2.75, 3.05) is 19.6 Å². The SMILES string of the molecule is C=CCNS(=O)(=O)c1cc(C(=O)NC(Cc2ccccc2)C(=O)N2CCCC2)ccc1F. The third-order valence-electron chi connectivity index (χ3n) is 5.20. The molecule has 2 aromatic carbocycles. The molecule has 170 valence electrons. The van der Waals surface area contributed by atoms with Crippen molar-refractivity contribution in [3.63, 3.8) is 0 Å². The van der Waals surface area contributed by atoms with Crippen LogP contribution in [0.5, 0.6) is 0 Å². The Morgan fingerprint density at radius 2 is 1.81 bits per heavy atom. The number of amides is 2. The van der Waals surface area contributed by atoms with Gasteiger partial charge in [0.15, 0.2) is 0 Å². The molecule has 0 spiro atoms. The third kappa shape index (κ3) is 5.80. The highest BCUT2D eigenvalue weighted by atomic mass is 32.2. The van der Waals surface area contributed by atoms with Crippen molar-refractivity contribution in [2.45, 2.75) is 30.2 Å². The molecule has 2 N–H and O–H groups in total. The highest BCUT2D eigenvalue weighted by Crippen LogP contribution is 2.18. The van der Waals surface area contributed by atoms with Gasteiger partial charge in [-0.15, -0.1) is 6.58 Å². The molecular formula is C23H26FN3O4S. The first-order valence-electron chi connectivity index (χ1n) is 10.4. The largest absolute Gasteiger partial charge is 0.341 e. The van der Waals surface area contributed by atoms with Crippen LogP contribution in [0.25, 0.3) is 0 Å². The van der Waals surface area contributed by atoms with Gasteiger partial charge in [0.2, 0.25) is 15.9 Å². The second kappa shape index (κ2) is 10.5. The Bertz CT molecular complexity index is 1080. The monoisotopic (exact) mass is 459 g/mol. The normalized spacial score (nSPS) is 14.7. The minimum absolute atomic E-state index is 0.0577. The van der Waals surface area contributed by atoms with Crippen molar-refractivity contribution in [1.29, 1.82) is 0 Å². The zero-order chi connectivity index (χ0) is 23.1. The van der Waals surface area contributed by atoms with E-state index >= 15 is 0 Å². The Labute approximate surface area is 187 Å². The second-order valence-corrected chi connectivity index (χ2v) is 9.27. The second-order valence-electron chi connectivity index (χ2n) is 7.53. The van der Waals surface area contributed by atoms with Gasteiger partial charge in [-0.3, -0.25) is 9.59 Å². The van der Waals surface area contributed by atoms with Crippen LogP contribution < -0.4 is 10.0 Å². The topological polar surface area (TPSA) is 95.6 Å². The van der Waals surface area contributed by atoms with Crippen molar-refractivity contribution in [3.05, 3.63) is 78.1 Å². The first kappa shape index (κ1) is 23.6. The van der Waals surface area contributed by atoms with Crippen LogP contribution in [0.1, 0.15) is 28.8 Å². The number of hydrogen-bond acceptors (Lipinski definition) is 4. The molecule has 1 atom stereocenters. The van der Waals surface area contributed by atoms with Crippen molar-refractivity contribution in [3.8, 4) is 0 Å². The molecule has 1 fully saturated rings. The van der Waals surface area contributed by atoms with E-state index < -0.39 is 32.7 Å². The molecule has 1 heterocycles. The summed E-state index contributed by atoms with van der Waals surface area (Å²) < 4.78 is 41.1. The quantitative estimate of drug-likeness (QED) is 0.563. The molecular weight excluding hydrogens is 433 g/mol. The molecule has 7 nitrogen and oxygen atoms in total. The van der Waals surface area contributed by atoms with Gasteiger partial charge in [-0.05, 0) is 36.6 Å². The predicted octanol–water partition coefficient (Wildman–Crippen LogP) is 2.25. The number of likely N-dealkylation sites (tertiary alicyclic amines) is 1. The van der Waals surface area contributed by atoms with Gasteiger partial charge in [-0.25, -0.2) is 17.5 Å². The number of sulfonamides is 1. The first-order chi connectivity index (χ1) is 15.3. The predicted molar refractivity (Wildman–Crippen MR) is 119 cm³/mol. The summed E-state index contributed by atoms with van der Waals surface area (Å²) in [7, 11) is -4.17. The fourth-order valence-electron chi connectivity index (χ4n) is 3.55. The summed E-state index contributed by atoms with van der Waals surface area (Å²) in [6.45, 7) is 4.61. The summed E-state index contributed by atoms with van der Waals surface area (Å²) in [4.78, 5) is 27.1. The van der Waals surface area contributed by atoms with E-state index in [-0.39, 0.29) is 24.4 Å². The molecule has 0 radical (unpaired) electrons. The molecule has 0 bridgehead atoms. The maximum atomic E-state index is 14.2. The zero-order valence-corrected chi connectivity index (χ0v) is 18.4. The molecule has 1 aliphatic rings. The molecule has 9 heteroatoms. The van der Waals surface area contributed by atoms with E-state index in [4.69, 9.17) is 0 Å². The van der Waals surface area contributed by atoms with E-state index in [1.54, 1.807) is 4.90 Å². The number of rotatable bonds is 9. The van der Waals surface area contributed by atoms with Crippen molar-refractivity contribution < 1.29 is 22.4 Å². The highest BCUT2D eigenvalue weighted by molar-refractivity contribution is 7.89. The molecule has 0 saturated carbocycles. The third-order valence-corrected chi connectivity index (χ3v) is 6.64. The van der Waals surface area contributed by atoms with Crippen LogP contribution in [0.15, 0.2) is 66.1 Å². The van der Waals surface area contributed by atoms with Gasteiger partial charge in [0.1, 0.15) is 16.8 Å². The number of carbonyl (C=O) groups is 2. The molecule has 2 amide bonds. The van der Waals surface area contributed by atoms with Crippen molar-refractivity contribution in [1.82, 2.24) is 14.9 Å². The van der Waals surface area contributed by atoms with Crippen LogP contribution in [-0.2, 0) is 21.2 Å². The van der Waals surface area contributed by atoms with Crippen LogP contribution in [0.2, 0.25) is 0 Å². The minimum Gasteiger partial charge on any atom is -0.341 e. The standard InChI is InChI=1S/C23H26FN3O4S/c1-2-12-25-32(30,31)21-16-18(10-11-19(21)24)22(28)26-20(15-17-8-4-3-5-9-17)23(29)27-13-6-7-14-27/h2-5,8-11,16,20,25H,1,6-7,12-15H2,(H,26,28). The van der Waals surface area contributed by atoms with Gasteiger partial charge in [0, 0.05) is 31.6 Å². The summed E-state index contributed by atoms with van der Waals surface area (Å²) in [5.74, 6) is -1.83. The summed E-state index contributed by atoms with van der Waals surface area (Å²) in [5.41, 5.74) is 0.819. The van der Waals surface area contributed by atoms with E-state index in [1.807, 2.05) is 30.3 Å². The summed E-state index contributed by atoms with van der Waals surface area (Å²) in [6.07, 6.45) is 3.43. The molecule has 1 aliphatic heterocycles. The number of nitrogens with one attached hydrogen (secondary N) is 2. The van der Waals surface area contributed by atoms with E-state index in [1.165, 1.54) is 12.1 Å². The van der Waals surface area contributed by atoms with E-state index in [9.17, 15) is 22.4 Å². The van der Waals surface area contributed by atoms with Gasteiger partial charge >= 0.3 is 0 Å². The van der Waals surface area contributed by atoms with Crippen LogP contribution in [0, 0.1) is 5.82 Å². The lowest BCUT2D eigenvalue weighted by molar-refractivity contribution is -0.132. The van der Waals surface area contributed by atoms with Crippen molar-refractivity contribution in [2.24, 2.45) is 0 Å². The lowest BCUT2D eigenvalue weighted by Crippen LogP contribution is -2.49. The van der Waals surface area contributed by atoms with E-state index in [0.29, 0.717) is 13.1 Å². The highest BCUT2D eigenvalue weighted by Gasteiger charge is 2.29. The van der Waals surface area contributed by atoms with Crippen LogP contribution in [-0.4, -0.2) is 50.8 Å². The fourth-order valence-corrected chi connectivity index (χ4v) is 4.65. The zero-order valence-electron chi connectivity index (χ0n) is 17.6. The maximum Gasteiger partial charge on any atom is 0.251 e. The summed E-state index contributed by atoms with van der Waals surface area (Å²) in [5, 5.41) is 2.72. The Hall–Kier alpha value is -3.04. The molecule has 3 rings (SSSR count). The minimum atomic E-state index is -4.17. The lowest BCUT2D eigenvalue weighted by Gasteiger charge is -2.24. The van der Waals surface area contributed by atoms with Gasteiger partial charge in [0.05, 0.1) is 0 Å². The van der Waals surface area contributed by atoms with E-state index in [2.05, 4.69) is 16.6 Å². The number of nitrogens with zero attached hydrogens (tertiary/aromatic N) is 1. The average Bonchev–Trinajstić information content (AvgIpc) is 3.32. The van der Waals surface area contributed by atoms with Crippen LogP contribution in [0.4, 0.5) is 4.39 Å². The molecule has 1 unspecified atom stereocenters. The molecule has 1 saturated heterocycles. The number of hydrogen-bond donors (Lipinski definition) is 2. The molecule has 0 aromatic heterocycles. The Balaban J connectivity index is 1.84. The van der Waals surface area contributed by atoms with Gasteiger partial charge in [0.25, 0.3) is 5.91 Å². The molecule has 0 aliphatic carbocycles. The maximum absolute atomic E-state index is 14.2. The fraction of sp³-hybridized carbons (Fsp3) is 0.304. The Morgan fingerprint density at radius 1 is 1.12 bits per heavy atom. The summed E-state index contributed by atoms with van der Waals surface area (Å²) >= 11 is 0. The number of carbonyl (C=O) groups excluding carboxylic acids is 2. The van der Waals surface area contributed by atoms with Gasteiger partial charge < -0.3 is 10.2 Å². The van der Waals surface area contributed by atoms with E-state index in [0.717, 1.165) is 30.5 Å². The van der Waals surface area contributed by atoms with Crippen LogP contribution >= 0.6 is 0 Å².